The number of hydrogen-bond acceptors (Lipinski definition) is 3. The van der Waals surface area contributed by atoms with Gasteiger partial charge in [-0.25, -0.2) is 0 Å². The Labute approximate surface area is 96.2 Å². The van der Waals surface area contributed by atoms with Crippen LogP contribution in [0.3, 0.4) is 0 Å². The van der Waals surface area contributed by atoms with Crippen LogP contribution in [0.5, 0.6) is 5.88 Å². The first-order valence-electron chi connectivity index (χ1n) is 5.47. The van der Waals surface area contributed by atoms with Crippen LogP contribution in [0.4, 0.5) is 0 Å². The van der Waals surface area contributed by atoms with Crippen LogP contribution in [0.15, 0.2) is 12.3 Å². The molecule has 0 atom stereocenters. The molecule has 1 aromatic heterocycles. The van der Waals surface area contributed by atoms with Gasteiger partial charge in [0.1, 0.15) is 0 Å². The molecule has 4 heteroatoms. The topological polar surface area (TPSA) is 27.1 Å². The number of ether oxygens (including phenoxy) is 1. The van der Waals surface area contributed by atoms with E-state index >= 15 is 0 Å². The molecule has 1 aliphatic carbocycles. The fourth-order valence-electron chi connectivity index (χ4n) is 1.55. The first-order chi connectivity index (χ1) is 7.05. The molecule has 2 rings (SSSR count). The van der Waals surface area contributed by atoms with Crippen LogP contribution >= 0.6 is 12.6 Å². The Morgan fingerprint density at radius 3 is 2.80 bits per heavy atom. The van der Waals surface area contributed by atoms with Crippen molar-refractivity contribution in [1.29, 1.82) is 0 Å². The van der Waals surface area contributed by atoms with Crippen molar-refractivity contribution < 1.29 is 4.74 Å². The third kappa shape index (κ3) is 2.68. The Balaban J connectivity index is 1.89. The lowest BCUT2D eigenvalue weighted by molar-refractivity contribution is 0.174. The zero-order valence-corrected chi connectivity index (χ0v) is 10.2. The molecular formula is C11H18N2OS. The predicted octanol–water partition coefficient (Wildman–Crippen LogP) is 2.68. The van der Waals surface area contributed by atoms with Gasteiger partial charge < -0.3 is 4.74 Å². The molecule has 0 saturated heterocycles. The molecule has 1 aliphatic rings. The van der Waals surface area contributed by atoms with Crippen molar-refractivity contribution >= 4 is 12.6 Å². The highest BCUT2D eigenvalue weighted by molar-refractivity contribution is 7.81. The Morgan fingerprint density at radius 1 is 1.60 bits per heavy atom. The van der Waals surface area contributed by atoms with Crippen LogP contribution in [0.25, 0.3) is 0 Å². The number of aromatic nitrogens is 2. The molecule has 0 aromatic carbocycles. The summed E-state index contributed by atoms with van der Waals surface area (Å²) in [4.78, 5) is -0.266. The minimum atomic E-state index is -0.266. The maximum absolute atomic E-state index is 5.62. The monoisotopic (exact) mass is 226 g/mol. The lowest BCUT2D eigenvalue weighted by Crippen LogP contribution is -2.21. The third-order valence-electron chi connectivity index (χ3n) is 2.82. The number of nitrogens with zero attached hydrogens (tertiary/aromatic N) is 2. The summed E-state index contributed by atoms with van der Waals surface area (Å²) in [7, 11) is 0. The molecule has 0 radical (unpaired) electrons. The fourth-order valence-corrected chi connectivity index (χ4v) is 1.66. The highest BCUT2D eigenvalue weighted by Gasteiger charge is 2.19. The maximum Gasteiger partial charge on any atom is 0.232 e. The second-order valence-corrected chi connectivity index (χ2v) is 5.80. The average Bonchev–Trinajstić information content (AvgIpc) is 2.48. The van der Waals surface area contributed by atoms with E-state index < -0.39 is 0 Å². The zero-order chi connectivity index (χ0) is 10.9. The van der Waals surface area contributed by atoms with Crippen molar-refractivity contribution in [3.63, 3.8) is 0 Å². The number of thiol groups is 1. The van der Waals surface area contributed by atoms with E-state index in [4.69, 9.17) is 4.74 Å². The largest absolute Gasteiger partial charge is 0.476 e. The molecule has 3 nitrogen and oxygen atoms in total. The van der Waals surface area contributed by atoms with Crippen molar-refractivity contribution in [2.45, 2.75) is 38.0 Å². The smallest absolute Gasteiger partial charge is 0.232 e. The van der Waals surface area contributed by atoms with Crippen LogP contribution < -0.4 is 4.74 Å². The van der Waals surface area contributed by atoms with E-state index in [1.807, 2.05) is 30.8 Å². The predicted molar refractivity (Wildman–Crippen MR) is 63.4 cm³/mol. The molecule has 84 valence electrons. The molecule has 1 heterocycles. The van der Waals surface area contributed by atoms with Crippen molar-refractivity contribution in [1.82, 2.24) is 9.78 Å². The van der Waals surface area contributed by atoms with Crippen LogP contribution in [-0.4, -0.2) is 16.4 Å². The minimum Gasteiger partial charge on any atom is -0.476 e. The Morgan fingerprint density at radius 2 is 2.33 bits per heavy atom. The van der Waals surface area contributed by atoms with E-state index in [1.165, 1.54) is 19.3 Å². The summed E-state index contributed by atoms with van der Waals surface area (Å²) in [6.45, 7) is 4.81. The summed E-state index contributed by atoms with van der Waals surface area (Å²) in [6, 6.07) is 1.90. The van der Waals surface area contributed by atoms with Crippen LogP contribution in [0.2, 0.25) is 0 Å². The summed E-state index contributed by atoms with van der Waals surface area (Å²) >= 11 is 4.44. The van der Waals surface area contributed by atoms with Crippen molar-refractivity contribution in [2.24, 2.45) is 5.92 Å². The molecule has 0 N–H and O–H groups in total. The summed E-state index contributed by atoms with van der Waals surface area (Å²) < 4.78 is 7.43. The highest BCUT2D eigenvalue weighted by Crippen LogP contribution is 2.27. The first-order valence-corrected chi connectivity index (χ1v) is 5.92. The molecule has 1 fully saturated rings. The van der Waals surface area contributed by atoms with Crippen molar-refractivity contribution in [2.75, 3.05) is 6.61 Å². The van der Waals surface area contributed by atoms with Crippen molar-refractivity contribution in [3.05, 3.63) is 12.3 Å². The third-order valence-corrected chi connectivity index (χ3v) is 3.02. The second-order valence-electron chi connectivity index (χ2n) is 4.70. The highest BCUT2D eigenvalue weighted by atomic mass is 32.1. The Hall–Kier alpha value is -0.640. The molecule has 0 aliphatic heterocycles. The van der Waals surface area contributed by atoms with Crippen LogP contribution in [-0.2, 0) is 4.87 Å². The van der Waals surface area contributed by atoms with E-state index in [2.05, 4.69) is 17.7 Å². The summed E-state index contributed by atoms with van der Waals surface area (Å²) in [5.74, 6) is 1.46. The zero-order valence-electron chi connectivity index (χ0n) is 9.31. The molecule has 1 saturated carbocycles. The van der Waals surface area contributed by atoms with Crippen LogP contribution in [0.1, 0.15) is 33.1 Å². The molecule has 0 unspecified atom stereocenters. The molecule has 0 bridgehead atoms. The maximum atomic E-state index is 5.62. The van der Waals surface area contributed by atoms with Gasteiger partial charge in [0.15, 0.2) is 0 Å². The number of rotatable bonds is 4. The van der Waals surface area contributed by atoms with E-state index in [-0.39, 0.29) is 4.87 Å². The number of hydrogen-bond donors (Lipinski definition) is 1. The van der Waals surface area contributed by atoms with Gasteiger partial charge in [-0.1, -0.05) is 6.42 Å². The van der Waals surface area contributed by atoms with Gasteiger partial charge in [0.25, 0.3) is 0 Å². The summed E-state index contributed by atoms with van der Waals surface area (Å²) in [5, 5.41) is 4.33. The molecule has 0 spiro atoms. The normalized spacial score (nSPS) is 17.5. The molecule has 1 aromatic rings. The van der Waals surface area contributed by atoms with Gasteiger partial charge in [0, 0.05) is 12.3 Å². The quantitative estimate of drug-likeness (QED) is 0.799. The van der Waals surface area contributed by atoms with E-state index in [9.17, 15) is 0 Å². The minimum absolute atomic E-state index is 0.266. The van der Waals surface area contributed by atoms with E-state index in [0.717, 1.165) is 12.5 Å². The van der Waals surface area contributed by atoms with E-state index in [0.29, 0.717) is 5.88 Å². The van der Waals surface area contributed by atoms with Gasteiger partial charge in [0.2, 0.25) is 5.88 Å². The molecule has 15 heavy (non-hydrogen) atoms. The lowest BCUT2D eigenvalue weighted by atomic mass is 9.86. The van der Waals surface area contributed by atoms with Crippen molar-refractivity contribution in [3.8, 4) is 5.88 Å². The summed E-state index contributed by atoms with van der Waals surface area (Å²) in [5.41, 5.74) is 0. The SMILES string of the molecule is CC(C)(S)n1ccc(OCC2CCC2)n1. The second kappa shape index (κ2) is 4.08. The van der Waals surface area contributed by atoms with Gasteiger partial charge in [-0.2, -0.15) is 0 Å². The standard InChI is InChI=1S/C11H18N2OS/c1-11(2,15)13-7-6-10(12-13)14-8-9-4-3-5-9/h6-7,9,15H,3-5,8H2,1-2H3. The van der Waals surface area contributed by atoms with Gasteiger partial charge in [0.05, 0.1) is 11.5 Å². The van der Waals surface area contributed by atoms with Gasteiger partial charge >= 0.3 is 0 Å². The average molecular weight is 226 g/mol. The van der Waals surface area contributed by atoms with E-state index in [1.54, 1.807) is 0 Å². The van der Waals surface area contributed by atoms with Crippen LogP contribution in [0, 0.1) is 5.92 Å². The fraction of sp³-hybridized carbons (Fsp3) is 0.727. The van der Waals surface area contributed by atoms with Gasteiger partial charge in [-0.3, -0.25) is 4.68 Å². The molecular weight excluding hydrogens is 208 g/mol. The first kappa shape index (κ1) is 10.9. The Bertz CT molecular complexity index is 326. The van der Waals surface area contributed by atoms with Gasteiger partial charge in [-0.15, -0.1) is 17.7 Å². The molecule has 0 amide bonds. The summed E-state index contributed by atoms with van der Waals surface area (Å²) in [6.07, 6.45) is 5.87. The Kier molecular flexibility index (Phi) is 2.96. The van der Waals surface area contributed by atoms with Gasteiger partial charge in [-0.05, 0) is 32.6 Å². The lowest BCUT2D eigenvalue weighted by Gasteiger charge is -2.24.